The van der Waals surface area contributed by atoms with E-state index in [0.717, 1.165) is 5.56 Å². The second kappa shape index (κ2) is 10.2. The first kappa shape index (κ1) is 29.2. The number of aromatic hydroxyl groups is 1. The second-order valence-electron chi connectivity index (χ2n) is 11.5. The van der Waals surface area contributed by atoms with Gasteiger partial charge in [-0.2, -0.15) is 0 Å². The number of phenols is 1. The highest BCUT2D eigenvalue weighted by atomic mass is 16.4. The number of aliphatic hydroxyl groups excluding tert-OH is 3. The van der Waals surface area contributed by atoms with E-state index in [0.29, 0.717) is 23.2 Å². The van der Waals surface area contributed by atoms with Crippen LogP contribution in [-0.4, -0.2) is 98.7 Å². The van der Waals surface area contributed by atoms with Crippen LogP contribution in [0.25, 0.3) is 17.4 Å². The highest BCUT2D eigenvalue weighted by Crippen LogP contribution is 2.56. The maximum Gasteiger partial charge on any atom is 0.255 e. The largest absolute Gasteiger partial charge is 0.508 e. The number of nitrogens with two attached hydrogens (primary N) is 1. The molecule has 0 saturated heterocycles. The molecule has 0 aliphatic heterocycles. The van der Waals surface area contributed by atoms with Gasteiger partial charge in [-0.05, 0) is 56.5 Å². The van der Waals surface area contributed by atoms with Crippen LogP contribution in [0.5, 0.6) is 5.75 Å². The third-order valence-electron chi connectivity index (χ3n) is 8.33. The molecule has 3 aliphatic carbocycles. The van der Waals surface area contributed by atoms with Crippen LogP contribution in [0.1, 0.15) is 22.3 Å². The third kappa shape index (κ3) is 4.16. The Morgan fingerprint density at radius 2 is 1.67 bits per heavy atom. The van der Waals surface area contributed by atoms with Gasteiger partial charge in [0.1, 0.15) is 22.8 Å². The number of benzene rings is 2. The highest BCUT2D eigenvalue weighted by Gasteiger charge is 2.68. The van der Waals surface area contributed by atoms with Gasteiger partial charge in [0.15, 0.2) is 11.4 Å². The Kier molecular flexibility index (Phi) is 7.10. The van der Waals surface area contributed by atoms with Gasteiger partial charge in [-0.1, -0.05) is 42.5 Å². The van der Waals surface area contributed by atoms with Crippen LogP contribution in [0.15, 0.2) is 59.4 Å². The normalized spacial score (nSPS) is 28.3. The zero-order chi connectivity index (χ0) is 30.8. The fourth-order valence-electron chi connectivity index (χ4n) is 6.57. The summed E-state index contributed by atoms with van der Waals surface area (Å²) in [5, 5.41) is 57.1. The molecule has 11 heteroatoms. The van der Waals surface area contributed by atoms with Crippen LogP contribution in [0.4, 0.5) is 0 Å². The summed E-state index contributed by atoms with van der Waals surface area (Å²) in [6, 6.07) is 10.6. The SMILES string of the molecule is CN(C)Cc1ccc(/C=C2\c3cccc(O)c3C(O)=C3C(=O)[C@]4(O)C(O)=C(C(N)=O)C(=O)[C@@H](N(C)C)[C@@H]4[C@@H](O)[C@@H]32)cc1. The van der Waals surface area contributed by atoms with Gasteiger partial charge in [0.05, 0.1) is 29.2 Å². The number of ketones is 2. The number of hydrogen-bond donors (Lipinski definition) is 6. The van der Waals surface area contributed by atoms with Gasteiger partial charge in [0, 0.05) is 12.5 Å². The number of nitrogens with zero attached hydrogens (tertiary/aromatic N) is 2. The van der Waals surface area contributed by atoms with E-state index in [2.05, 4.69) is 0 Å². The van der Waals surface area contributed by atoms with Crippen LogP contribution in [0.3, 0.4) is 0 Å². The number of amides is 1. The topological polar surface area (TPSA) is 185 Å². The van der Waals surface area contributed by atoms with E-state index < -0.39 is 69.7 Å². The zero-order valence-corrected chi connectivity index (χ0v) is 23.6. The van der Waals surface area contributed by atoms with Crippen molar-refractivity contribution < 1.29 is 39.9 Å². The maximum atomic E-state index is 14.2. The molecule has 0 bridgehead atoms. The van der Waals surface area contributed by atoms with Crippen LogP contribution >= 0.6 is 0 Å². The molecule has 0 spiro atoms. The number of hydrogen-bond acceptors (Lipinski definition) is 10. The molecule has 0 heterocycles. The van der Waals surface area contributed by atoms with Gasteiger partial charge < -0.3 is 36.2 Å². The van der Waals surface area contributed by atoms with Crippen molar-refractivity contribution >= 4 is 34.9 Å². The Bertz CT molecular complexity index is 1600. The number of primary amides is 1. The zero-order valence-electron chi connectivity index (χ0n) is 23.6. The lowest BCUT2D eigenvalue weighted by molar-refractivity contribution is -0.166. The van der Waals surface area contributed by atoms with Crippen LogP contribution in [-0.2, 0) is 20.9 Å². The summed E-state index contributed by atoms with van der Waals surface area (Å²) in [5.41, 5.74) is 3.25. The second-order valence-corrected chi connectivity index (χ2v) is 11.5. The number of aliphatic hydroxyl groups is 4. The number of phenolic OH excluding ortho intramolecular Hbond substituents is 1. The fourth-order valence-corrected chi connectivity index (χ4v) is 6.57. The Labute approximate surface area is 242 Å². The molecule has 7 N–H and O–H groups in total. The number of carbonyl (C=O) groups is 3. The first-order chi connectivity index (χ1) is 19.7. The Morgan fingerprint density at radius 3 is 2.24 bits per heavy atom. The first-order valence-corrected chi connectivity index (χ1v) is 13.3. The number of Topliss-reactive ketones (excluding diaryl/α,β-unsaturated/α-hetero) is 2. The maximum absolute atomic E-state index is 14.2. The number of fused-ring (bicyclic) bond motifs is 3. The molecular formula is C31H33N3O8. The standard InChI is InChI=1S/C31H33N3O8/c1-33(2)13-15-10-8-14(9-11-15)12-17-16-6-5-7-18(35)19(16)25(36)21-20(17)26(37)23-24(34(3)4)27(38)22(30(32)41)29(40)31(23,42)28(21)39/h5-12,20,23-24,26,35-37,40,42H,13H2,1-4H3,(H2,32,41)/b17-12+/t20-,23-,24+,26+,31+/m1/s1. The molecule has 5 rings (SSSR count). The molecule has 2 aromatic rings. The minimum Gasteiger partial charge on any atom is -0.508 e. The minimum atomic E-state index is -2.98. The summed E-state index contributed by atoms with van der Waals surface area (Å²) in [6.45, 7) is 0.703. The summed E-state index contributed by atoms with van der Waals surface area (Å²) >= 11 is 0. The first-order valence-electron chi connectivity index (χ1n) is 13.3. The molecule has 0 aromatic heterocycles. The molecule has 0 radical (unpaired) electrons. The fraction of sp³-hybridized carbons (Fsp3) is 0.323. The van der Waals surface area contributed by atoms with E-state index in [4.69, 9.17) is 5.73 Å². The van der Waals surface area contributed by atoms with E-state index in [9.17, 15) is 39.9 Å². The van der Waals surface area contributed by atoms with Gasteiger partial charge in [-0.25, -0.2) is 0 Å². The lowest BCUT2D eigenvalue weighted by atomic mass is 9.55. The highest BCUT2D eigenvalue weighted by molar-refractivity contribution is 6.25. The van der Waals surface area contributed by atoms with Gasteiger partial charge in [-0.15, -0.1) is 0 Å². The minimum absolute atomic E-state index is 0.100. The van der Waals surface area contributed by atoms with E-state index in [1.807, 2.05) is 43.3 Å². The van der Waals surface area contributed by atoms with Gasteiger partial charge >= 0.3 is 0 Å². The summed E-state index contributed by atoms with van der Waals surface area (Å²) in [5.74, 6) is -8.81. The average Bonchev–Trinajstić information content (AvgIpc) is 2.90. The van der Waals surface area contributed by atoms with Gasteiger partial charge in [-0.3, -0.25) is 19.3 Å². The van der Waals surface area contributed by atoms with Crippen molar-refractivity contribution in [2.24, 2.45) is 17.6 Å². The Morgan fingerprint density at radius 1 is 1.02 bits per heavy atom. The Balaban J connectivity index is 1.79. The molecule has 1 saturated carbocycles. The summed E-state index contributed by atoms with van der Waals surface area (Å²) in [7, 11) is 6.82. The van der Waals surface area contributed by atoms with Gasteiger partial charge in [0.2, 0.25) is 5.78 Å². The monoisotopic (exact) mass is 575 g/mol. The number of likely N-dealkylation sites (N-methyl/N-ethyl adjacent to an activating group) is 1. The smallest absolute Gasteiger partial charge is 0.255 e. The summed E-state index contributed by atoms with van der Waals surface area (Å²) < 4.78 is 0. The molecule has 11 nitrogen and oxygen atoms in total. The molecule has 42 heavy (non-hydrogen) atoms. The predicted octanol–water partition coefficient (Wildman–Crippen LogP) is 0.995. The van der Waals surface area contributed by atoms with Crippen molar-refractivity contribution in [1.82, 2.24) is 9.80 Å². The lowest BCUT2D eigenvalue weighted by Gasteiger charge is -2.53. The van der Waals surface area contributed by atoms with E-state index in [-0.39, 0.29) is 11.3 Å². The molecular weight excluding hydrogens is 542 g/mol. The van der Waals surface area contributed by atoms with Crippen molar-refractivity contribution in [3.63, 3.8) is 0 Å². The molecule has 220 valence electrons. The van der Waals surface area contributed by atoms with Crippen molar-refractivity contribution in [3.05, 3.63) is 81.6 Å². The lowest BCUT2D eigenvalue weighted by Crippen LogP contribution is -2.70. The average molecular weight is 576 g/mol. The van der Waals surface area contributed by atoms with Crippen LogP contribution in [0.2, 0.25) is 0 Å². The van der Waals surface area contributed by atoms with Crippen molar-refractivity contribution in [3.8, 4) is 5.75 Å². The van der Waals surface area contributed by atoms with E-state index >= 15 is 0 Å². The molecule has 2 aromatic carbocycles. The van der Waals surface area contributed by atoms with Crippen LogP contribution in [0, 0.1) is 11.8 Å². The Hall–Kier alpha value is -4.29. The molecule has 1 amide bonds. The van der Waals surface area contributed by atoms with Crippen LogP contribution < -0.4 is 5.73 Å². The molecule has 0 unspecified atom stereocenters. The number of rotatable bonds is 5. The van der Waals surface area contributed by atoms with E-state index in [1.165, 1.54) is 25.1 Å². The number of carbonyl (C=O) groups excluding carboxylic acids is 3. The molecule has 3 aliphatic rings. The molecule has 1 fully saturated rings. The quantitative estimate of drug-likeness (QED) is 0.281. The van der Waals surface area contributed by atoms with Crippen molar-refractivity contribution in [1.29, 1.82) is 0 Å². The van der Waals surface area contributed by atoms with Gasteiger partial charge in [0.25, 0.3) is 5.91 Å². The predicted molar refractivity (Wildman–Crippen MR) is 154 cm³/mol. The van der Waals surface area contributed by atoms with Crippen molar-refractivity contribution in [2.75, 3.05) is 28.2 Å². The third-order valence-corrected chi connectivity index (χ3v) is 8.33. The summed E-state index contributed by atoms with van der Waals surface area (Å²) in [4.78, 5) is 43.2. The molecule has 5 atom stereocenters. The van der Waals surface area contributed by atoms with E-state index in [1.54, 1.807) is 18.2 Å². The van der Waals surface area contributed by atoms with Crippen molar-refractivity contribution in [2.45, 2.75) is 24.3 Å². The summed E-state index contributed by atoms with van der Waals surface area (Å²) in [6.07, 6.45) is -0.0252.